The molecule has 2 heterocycles. The van der Waals surface area contributed by atoms with E-state index >= 15 is 0 Å². The second-order valence-electron chi connectivity index (χ2n) is 5.53. The molecule has 4 rings (SSSR count). The predicted molar refractivity (Wildman–Crippen MR) is 97.5 cm³/mol. The third kappa shape index (κ3) is 2.64. The number of halogens is 1. The minimum absolute atomic E-state index is 0.00605. The largest absolute Gasteiger partial charge is 0.506 e. The maximum Gasteiger partial charge on any atom is 0.349 e. The highest BCUT2D eigenvalue weighted by atomic mass is 79.9. The number of nitrogens with zero attached hydrogens (tertiary/aromatic N) is 1. The molecule has 2 aromatic heterocycles. The highest BCUT2D eigenvalue weighted by Crippen LogP contribution is 2.38. The van der Waals surface area contributed by atoms with Crippen LogP contribution < -0.4 is 5.63 Å². The van der Waals surface area contributed by atoms with Gasteiger partial charge in [0.15, 0.2) is 11.7 Å². The van der Waals surface area contributed by atoms with Crippen LogP contribution in [0.1, 0.15) is 5.89 Å². The van der Waals surface area contributed by atoms with E-state index in [4.69, 9.17) is 8.83 Å². The maximum atomic E-state index is 12.5. The van der Waals surface area contributed by atoms with Gasteiger partial charge in [-0.1, -0.05) is 40.2 Å². The summed E-state index contributed by atoms with van der Waals surface area (Å²) in [5.74, 6) is 0.626. The van der Waals surface area contributed by atoms with Gasteiger partial charge >= 0.3 is 5.63 Å². The summed E-state index contributed by atoms with van der Waals surface area (Å²) >= 11 is 3.39. The fourth-order valence-electron chi connectivity index (χ4n) is 2.74. The Labute approximate surface area is 150 Å². The standard InChI is InChI=1S/C19H12BrNO4/c1-10-21-16(18(24-10)11-6-8-12(20)9-7-11)15-17(22)13-4-2-3-5-14(13)25-19(15)23/h2-9,22H,1H3. The highest BCUT2D eigenvalue weighted by molar-refractivity contribution is 9.10. The van der Waals surface area contributed by atoms with Crippen LogP contribution in [0.5, 0.6) is 5.75 Å². The van der Waals surface area contributed by atoms with E-state index in [9.17, 15) is 9.90 Å². The van der Waals surface area contributed by atoms with Gasteiger partial charge in [-0.15, -0.1) is 0 Å². The van der Waals surface area contributed by atoms with Crippen molar-refractivity contribution in [2.24, 2.45) is 0 Å². The minimum atomic E-state index is -0.664. The summed E-state index contributed by atoms with van der Waals surface area (Å²) in [7, 11) is 0. The van der Waals surface area contributed by atoms with Crippen molar-refractivity contribution in [1.29, 1.82) is 0 Å². The number of aryl methyl sites for hydroxylation is 1. The lowest BCUT2D eigenvalue weighted by Crippen LogP contribution is -2.04. The number of aromatic hydroxyl groups is 1. The Morgan fingerprint density at radius 3 is 2.52 bits per heavy atom. The van der Waals surface area contributed by atoms with E-state index in [2.05, 4.69) is 20.9 Å². The van der Waals surface area contributed by atoms with Gasteiger partial charge in [-0.05, 0) is 24.3 Å². The van der Waals surface area contributed by atoms with Crippen LogP contribution >= 0.6 is 15.9 Å². The average Bonchev–Trinajstić information content (AvgIpc) is 2.97. The Hall–Kier alpha value is -2.86. The number of aromatic nitrogens is 1. The number of rotatable bonds is 2. The average molecular weight is 398 g/mol. The first kappa shape index (κ1) is 15.7. The highest BCUT2D eigenvalue weighted by Gasteiger charge is 2.24. The molecule has 0 aliphatic rings. The van der Waals surface area contributed by atoms with Crippen molar-refractivity contribution in [2.75, 3.05) is 0 Å². The van der Waals surface area contributed by atoms with Gasteiger partial charge in [0, 0.05) is 17.0 Å². The summed E-state index contributed by atoms with van der Waals surface area (Å²) in [6.07, 6.45) is 0. The number of para-hydroxylation sites is 1. The Kier molecular flexibility index (Phi) is 3.69. The normalized spacial score (nSPS) is 11.1. The Morgan fingerprint density at radius 2 is 1.76 bits per heavy atom. The van der Waals surface area contributed by atoms with E-state index in [0.717, 1.165) is 10.0 Å². The molecular formula is C19H12BrNO4. The van der Waals surface area contributed by atoms with E-state index in [0.29, 0.717) is 22.6 Å². The summed E-state index contributed by atoms with van der Waals surface area (Å²) in [6, 6.07) is 14.2. The van der Waals surface area contributed by atoms with Gasteiger partial charge in [0.05, 0.1) is 5.39 Å². The Balaban J connectivity index is 2.02. The lowest BCUT2D eigenvalue weighted by molar-refractivity contribution is 0.471. The van der Waals surface area contributed by atoms with Crippen molar-refractivity contribution < 1.29 is 13.9 Å². The molecule has 0 amide bonds. The van der Waals surface area contributed by atoms with Gasteiger partial charge in [0.1, 0.15) is 22.6 Å². The molecule has 0 bridgehead atoms. The van der Waals surface area contributed by atoms with E-state index in [1.54, 1.807) is 31.2 Å². The number of hydrogen-bond acceptors (Lipinski definition) is 5. The molecule has 2 aromatic carbocycles. The van der Waals surface area contributed by atoms with Crippen molar-refractivity contribution in [3.05, 3.63) is 69.3 Å². The molecule has 0 aliphatic heterocycles. The molecule has 0 spiro atoms. The zero-order chi connectivity index (χ0) is 17.6. The predicted octanol–water partition coefficient (Wildman–Crippen LogP) is 4.89. The monoisotopic (exact) mass is 397 g/mol. The van der Waals surface area contributed by atoms with Gasteiger partial charge in [0.25, 0.3) is 0 Å². The zero-order valence-corrected chi connectivity index (χ0v) is 14.7. The molecular weight excluding hydrogens is 386 g/mol. The molecule has 25 heavy (non-hydrogen) atoms. The van der Waals surface area contributed by atoms with E-state index in [1.165, 1.54) is 0 Å². The third-order valence-corrected chi connectivity index (χ3v) is 4.39. The van der Waals surface area contributed by atoms with Crippen molar-refractivity contribution in [3.63, 3.8) is 0 Å². The minimum Gasteiger partial charge on any atom is -0.506 e. The van der Waals surface area contributed by atoms with Crippen molar-refractivity contribution in [2.45, 2.75) is 6.92 Å². The summed E-state index contributed by atoms with van der Waals surface area (Å²) in [6.45, 7) is 1.69. The second-order valence-corrected chi connectivity index (χ2v) is 6.44. The number of benzene rings is 2. The quantitative estimate of drug-likeness (QED) is 0.487. The lowest BCUT2D eigenvalue weighted by atomic mass is 10.0. The first-order chi connectivity index (χ1) is 12.0. The molecule has 0 fully saturated rings. The first-order valence-corrected chi connectivity index (χ1v) is 8.32. The molecule has 124 valence electrons. The molecule has 0 atom stereocenters. The lowest BCUT2D eigenvalue weighted by Gasteiger charge is -2.06. The van der Waals surface area contributed by atoms with E-state index in [-0.39, 0.29) is 17.0 Å². The fourth-order valence-corrected chi connectivity index (χ4v) is 3.00. The summed E-state index contributed by atoms with van der Waals surface area (Å²) in [5, 5.41) is 11.1. The van der Waals surface area contributed by atoms with Gasteiger partial charge in [-0.25, -0.2) is 9.78 Å². The van der Waals surface area contributed by atoms with Crippen LogP contribution in [0.25, 0.3) is 33.6 Å². The zero-order valence-electron chi connectivity index (χ0n) is 13.1. The van der Waals surface area contributed by atoms with E-state index < -0.39 is 5.63 Å². The molecule has 6 heteroatoms. The van der Waals surface area contributed by atoms with Crippen LogP contribution in [-0.4, -0.2) is 10.1 Å². The molecule has 5 nitrogen and oxygen atoms in total. The molecule has 0 saturated heterocycles. The second kappa shape index (κ2) is 5.89. The van der Waals surface area contributed by atoms with Gasteiger partial charge in [-0.2, -0.15) is 0 Å². The molecule has 1 N–H and O–H groups in total. The molecule has 4 aromatic rings. The van der Waals surface area contributed by atoms with Crippen LogP contribution in [0.4, 0.5) is 0 Å². The number of hydrogen-bond donors (Lipinski definition) is 1. The van der Waals surface area contributed by atoms with Crippen LogP contribution in [-0.2, 0) is 0 Å². The van der Waals surface area contributed by atoms with Crippen LogP contribution in [0.2, 0.25) is 0 Å². The molecule has 0 saturated carbocycles. The van der Waals surface area contributed by atoms with Crippen molar-refractivity contribution in [1.82, 2.24) is 4.98 Å². The smallest absolute Gasteiger partial charge is 0.349 e. The SMILES string of the molecule is Cc1nc(-c2c(O)c3ccccc3oc2=O)c(-c2ccc(Br)cc2)o1. The van der Waals surface area contributed by atoms with Gasteiger partial charge < -0.3 is 13.9 Å². The van der Waals surface area contributed by atoms with Crippen LogP contribution in [0, 0.1) is 6.92 Å². The van der Waals surface area contributed by atoms with Gasteiger partial charge in [-0.3, -0.25) is 0 Å². The molecule has 0 radical (unpaired) electrons. The fraction of sp³-hybridized carbons (Fsp3) is 0.0526. The van der Waals surface area contributed by atoms with Crippen LogP contribution in [0.15, 0.2) is 66.6 Å². The van der Waals surface area contributed by atoms with Crippen molar-refractivity contribution in [3.8, 4) is 28.3 Å². The summed E-state index contributed by atoms with van der Waals surface area (Å²) in [4.78, 5) is 16.8. The Bertz CT molecular complexity index is 1140. The van der Waals surface area contributed by atoms with Gasteiger partial charge in [0.2, 0.25) is 0 Å². The maximum absolute atomic E-state index is 12.5. The summed E-state index contributed by atoms with van der Waals surface area (Å²) in [5.41, 5.74) is 0.651. The topological polar surface area (TPSA) is 76.5 Å². The van der Waals surface area contributed by atoms with E-state index in [1.807, 2.05) is 24.3 Å². The molecule has 0 aliphatic carbocycles. The number of fused-ring (bicyclic) bond motifs is 1. The summed E-state index contributed by atoms with van der Waals surface area (Å²) < 4.78 is 12.0. The van der Waals surface area contributed by atoms with Crippen LogP contribution in [0.3, 0.4) is 0 Å². The third-order valence-electron chi connectivity index (χ3n) is 3.86. The molecule has 0 unspecified atom stereocenters. The number of oxazole rings is 1. The first-order valence-electron chi connectivity index (χ1n) is 7.53. The van der Waals surface area contributed by atoms with Crippen molar-refractivity contribution >= 4 is 26.9 Å². The Morgan fingerprint density at radius 1 is 1.04 bits per heavy atom.